The van der Waals surface area contributed by atoms with Gasteiger partial charge in [0.15, 0.2) is 5.92 Å². The fraction of sp³-hybridized carbons (Fsp3) is 0.300. The van der Waals surface area contributed by atoms with Crippen molar-refractivity contribution in [2.75, 3.05) is 12.4 Å². The largest absolute Gasteiger partial charge is 0.404 e. The molecule has 9 heteroatoms. The third-order valence-electron chi connectivity index (χ3n) is 4.79. The molecule has 0 bridgehead atoms. The van der Waals surface area contributed by atoms with Gasteiger partial charge in [-0.1, -0.05) is 40.7 Å². The van der Waals surface area contributed by atoms with Crippen LogP contribution in [-0.2, 0) is 6.54 Å². The molecule has 0 saturated heterocycles. The zero-order chi connectivity index (χ0) is 21.6. The Hall–Kier alpha value is -2.00. The van der Waals surface area contributed by atoms with E-state index in [0.717, 1.165) is 27.7 Å². The number of likely N-dealkylation sites (N-methyl/N-ethyl adjacent to an activating group) is 1. The summed E-state index contributed by atoms with van der Waals surface area (Å²) in [6.45, 7) is 4.71. The number of benzene rings is 2. The van der Waals surface area contributed by atoms with E-state index in [1.165, 1.54) is 12.1 Å². The van der Waals surface area contributed by atoms with Gasteiger partial charge in [-0.05, 0) is 48.0 Å². The molecule has 0 fully saturated rings. The summed E-state index contributed by atoms with van der Waals surface area (Å²) in [5.74, 6) is -3.52. The van der Waals surface area contributed by atoms with Gasteiger partial charge in [0, 0.05) is 22.4 Å². The van der Waals surface area contributed by atoms with Crippen LogP contribution in [0.25, 0.3) is 0 Å². The Labute approximate surface area is 172 Å². The van der Waals surface area contributed by atoms with E-state index in [9.17, 15) is 26.3 Å². The fourth-order valence-electron chi connectivity index (χ4n) is 3.61. The molecule has 0 radical (unpaired) electrons. The van der Waals surface area contributed by atoms with Crippen molar-refractivity contribution in [1.82, 2.24) is 4.90 Å². The molecule has 1 N–H and O–H groups in total. The third kappa shape index (κ3) is 4.61. The average molecular weight is 479 g/mol. The maximum absolute atomic E-state index is 12.9. The van der Waals surface area contributed by atoms with Crippen LogP contribution in [0.5, 0.6) is 0 Å². The average Bonchev–Trinajstić information content (AvgIpc) is 2.88. The van der Waals surface area contributed by atoms with Gasteiger partial charge in [-0.2, -0.15) is 26.3 Å². The topological polar surface area (TPSA) is 15.3 Å². The monoisotopic (exact) mass is 478 g/mol. The summed E-state index contributed by atoms with van der Waals surface area (Å²) in [6, 6.07) is 9.76. The molecule has 1 heterocycles. The van der Waals surface area contributed by atoms with Crippen molar-refractivity contribution in [3.63, 3.8) is 0 Å². The summed E-state index contributed by atoms with van der Waals surface area (Å²) in [5.41, 5.74) is 2.24. The Morgan fingerprint density at radius 1 is 1.07 bits per heavy atom. The number of fused-ring (bicyclic) bond motifs is 1. The Bertz CT molecular complexity index is 891. The van der Waals surface area contributed by atoms with Crippen LogP contribution < -0.4 is 5.32 Å². The molecule has 1 aliphatic heterocycles. The van der Waals surface area contributed by atoms with Crippen molar-refractivity contribution in [2.45, 2.75) is 30.9 Å². The summed E-state index contributed by atoms with van der Waals surface area (Å²) in [5, 5.41) is 3.00. The molecule has 156 valence electrons. The minimum Gasteiger partial charge on any atom is -0.358 e. The Morgan fingerprint density at radius 2 is 1.66 bits per heavy atom. The molecule has 0 saturated carbocycles. The molecule has 2 nitrogen and oxygen atoms in total. The van der Waals surface area contributed by atoms with E-state index in [1.807, 2.05) is 30.1 Å². The Balaban J connectivity index is 1.79. The maximum Gasteiger partial charge on any atom is 0.404 e. The van der Waals surface area contributed by atoms with Gasteiger partial charge >= 0.3 is 12.4 Å². The van der Waals surface area contributed by atoms with Gasteiger partial charge < -0.3 is 5.32 Å². The van der Waals surface area contributed by atoms with Crippen molar-refractivity contribution in [3.8, 4) is 0 Å². The quantitative estimate of drug-likeness (QED) is 0.487. The summed E-state index contributed by atoms with van der Waals surface area (Å²) in [6.07, 6.45) is -10.8. The molecule has 2 aromatic carbocycles. The van der Waals surface area contributed by atoms with Crippen molar-refractivity contribution in [2.24, 2.45) is 0 Å². The van der Waals surface area contributed by atoms with E-state index >= 15 is 0 Å². The highest BCUT2D eigenvalue weighted by Gasteiger charge is 2.57. The molecule has 1 aliphatic rings. The zero-order valence-electron chi connectivity index (χ0n) is 15.2. The van der Waals surface area contributed by atoms with Crippen LogP contribution in [0.15, 0.2) is 59.2 Å². The number of hydrogen-bond donors (Lipinski definition) is 1. The van der Waals surface area contributed by atoms with E-state index in [0.29, 0.717) is 17.9 Å². The molecular weight excluding hydrogens is 462 g/mol. The van der Waals surface area contributed by atoms with Gasteiger partial charge in [-0.25, -0.2) is 0 Å². The number of nitrogens with zero attached hydrogens (tertiary/aromatic N) is 1. The van der Waals surface area contributed by atoms with E-state index < -0.39 is 23.8 Å². The predicted molar refractivity (Wildman–Crippen MR) is 102 cm³/mol. The second-order valence-corrected chi connectivity index (χ2v) is 7.86. The molecule has 0 aromatic heterocycles. The van der Waals surface area contributed by atoms with Gasteiger partial charge in [0.25, 0.3) is 0 Å². The fourth-order valence-corrected chi connectivity index (χ4v) is 4.01. The molecule has 1 atom stereocenters. The van der Waals surface area contributed by atoms with E-state index in [2.05, 4.69) is 27.8 Å². The summed E-state index contributed by atoms with van der Waals surface area (Å²) in [7, 11) is 1.91. The first-order valence-electron chi connectivity index (χ1n) is 8.55. The van der Waals surface area contributed by atoms with Crippen molar-refractivity contribution >= 4 is 21.6 Å². The van der Waals surface area contributed by atoms with Gasteiger partial charge in [-0.15, -0.1) is 0 Å². The lowest BCUT2D eigenvalue weighted by Crippen LogP contribution is -2.34. The number of rotatable bonds is 4. The normalized spacial score (nSPS) is 17.5. The number of nitrogens with one attached hydrogen (secondary N) is 1. The van der Waals surface area contributed by atoms with Gasteiger partial charge in [0.2, 0.25) is 0 Å². The number of alkyl halides is 6. The Kier molecular flexibility index (Phi) is 5.75. The number of anilines is 1. The molecule has 0 amide bonds. The molecule has 2 aromatic rings. The van der Waals surface area contributed by atoms with E-state index in [1.54, 1.807) is 0 Å². The summed E-state index contributed by atoms with van der Waals surface area (Å²) in [4.78, 5) is 2.05. The number of halogens is 7. The predicted octanol–water partition coefficient (Wildman–Crippen LogP) is 6.77. The van der Waals surface area contributed by atoms with Crippen LogP contribution in [0.4, 0.5) is 32.0 Å². The van der Waals surface area contributed by atoms with Crippen molar-refractivity contribution in [1.29, 1.82) is 0 Å². The summed E-state index contributed by atoms with van der Waals surface area (Å²) < 4.78 is 78.2. The second-order valence-electron chi connectivity index (χ2n) is 6.95. The first kappa shape index (κ1) is 21.7. The lowest BCUT2D eigenvalue weighted by atomic mass is 9.97. The van der Waals surface area contributed by atoms with Crippen LogP contribution in [0.1, 0.15) is 28.7 Å². The summed E-state index contributed by atoms with van der Waals surface area (Å²) >= 11 is 3.42. The maximum atomic E-state index is 12.9. The third-order valence-corrected chi connectivity index (χ3v) is 5.29. The smallest absolute Gasteiger partial charge is 0.358 e. The molecule has 3 rings (SSSR count). The lowest BCUT2D eigenvalue weighted by molar-refractivity contribution is -0.253. The first-order chi connectivity index (χ1) is 13.4. The van der Waals surface area contributed by atoms with Gasteiger partial charge in [0.05, 0.1) is 6.04 Å². The van der Waals surface area contributed by atoms with E-state index in [4.69, 9.17) is 0 Å². The lowest BCUT2D eigenvalue weighted by Gasteiger charge is -2.25. The highest BCUT2D eigenvalue weighted by Crippen LogP contribution is 2.46. The second kappa shape index (κ2) is 7.68. The first-order valence-corrected chi connectivity index (χ1v) is 9.35. The highest BCUT2D eigenvalue weighted by molar-refractivity contribution is 9.10. The van der Waals surface area contributed by atoms with Crippen LogP contribution in [0.2, 0.25) is 0 Å². The van der Waals surface area contributed by atoms with Crippen molar-refractivity contribution < 1.29 is 26.3 Å². The van der Waals surface area contributed by atoms with Crippen LogP contribution in [0.3, 0.4) is 0 Å². The van der Waals surface area contributed by atoms with Crippen molar-refractivity contribution in [3.05, 3.63) is 75.9 Å². The molecule has 0 aliphatic carbocycles. The van der Waals surface area contributed by atoms with Gasteiger partial charge in [-0.3, -0.25) is 4.90 Å². The standard InChI is InChI=1S/C20H17BrF6N2/c1-11(17-16-8-5-14(21)9-13(16)10-29(17)2)28-15-6-3-12(4-7-15)18(19(22,23)24)20(25,26)27/h3-9,17-18,28H,1,10H2,2H3. The molecule has 0 spiro atoms. The SMILES string of the molecule is C=C(Nc1ccc(C(C(F)(F)F)C(F)(F)F)cc1)C1c2ccc(Br)cc2CN1C. The molecule has 1 unspecified atom stereocenters. The Morgan fingerprint density at radius 3 is 2.21 bits per heavy atom. The minimum absolute atomic E-state index is 0.170. The highest BCUT2D eigenvalue weighted by atomic mass is 79.9. The zero-order valence-corrected chi connectivity index (χ0v) is 16.8. The minimum atomic E-state index is -5.42. The van der Waals surface area contributed by atoms with Crippen LogP contribution >= 0.6 is 15.9 Å². The number of hydrogen-bond acceptors (Lipinski definition) is 2. The molecular formula is C20H17BrF6N2. The van der Waals surface area contributed by atoms with Gasteiger partial charge in [0.1, 0.15) is 0 Å². The molecule has 29 heavy (non-hydrogen) atoms. The van der Waals surface area contributed by atoms with Crippen LogP contribution in [-0.4, -0.2) is 24.3 Å². The van der Waals surface area contributed by atoms with E-state index in [-0.39, 0.29) is 6.04 Å². The van der Waals surface area contributed by atoms with Crippen LogP contribution in [0, 0.1) is 0 Å².